The molecule has 0 aliphatic carbocycles. The molecule has 2 aromatic heterocycles. The summed E-state index contributed by atoms with van der Waals surface area (Å²) >= 11 is 0. The SMILES string of the molecule is N#Cc1cc2ccc3ccccc3n2c1N. The lowest BCUT2D eigenvalue weighted by molar-refractivity contribution is 1.28. The number of hydrogen-bond donors (Lipinski definition) is 1. The first-order valence-electron chi connectivity index (χ1n) is 5.00. The van der Waals surface area contributed by atoms with Crippen molar-refractivity contribution in [3.63, 3.8) is 0 Å². The number of nitrogens with zero attached hydrogens (tertiary/aromatic N) is 2. The van der Waals surface area contributed by atoms with Crippen LogP contribution in [0.4, 0.5) is 5.82 Å². The Labute approximate surface area is 92.3 Å². The maximum atomic E-state index is 8.95. The van der Waals surface area contributed by atoms with Crippen molar-refractivity contribution in [3.8, 4) is 6.07 Å². The highest BCUT2D eigenvalue weighted by Gasteiger charge is 2.08. The smallest absolute Gasteiger partial charge is 0.126 e. The van der Waals surface area contributed by atoms with E-state index in [2.05, 4.69) is 6.07 Å². The van der Waals surface area contributed by atoms with Gasteiger partial charge in [-0.3, -0.25) is 4.40 Å². The van der Waals surface area contributed by atoms with Gasteiger partial charge in [0.15, 0.2) is 0 Å². The van der Waals surface area contributed by atoms with Crippen molar-refractivity contribution in [3.05, 3.63) is 48.0 Å². The Morgan fingerprint density at radius 2 is 1.94 bits per heavy atom. The topological polar surface area (TPSA) is 54.2 Å². The van der Waals surface area contributed by atoms with Gasteiger partial charge in [0, 0.05) is 5.52 Å². The van der Waals surface area contributed by atoms with Crippen molar-refractivity contribution in [2.45, 2.75) is 0 Å². The molecule has 0 saturated heterocycles. The average molecular weight is 207 g/mol. The van der Waals surface area contributed by atoms with Crippen LogP contribution in [0.25, 0.3) is 16.4 Å². The van der Waals surface area contributed by atoms with Gasteiger partial charge in [-0.25, -0.2) is 0 Å². The van der Waals surface area contributed by atoms with Gasteiger partial charge in [0.2, 0.25) is 0 Å². The Morgan fingerprint density at radius 3 is 2.75 bits per heavy atom. The van der Waals surface area contributed by atoms with Crippen LogP contribution in [-0.2, 0) is 0 Å². The third-order valence-corrected chi connectivity index (χ3v) is 2.80. The minimum absolute atomic E-state index is 0.509. The molecule has 0 aliphatic rings. The molecule has 0 fully saturated rings. The molecule has 0 radical (unpaired) electrons. The summed E-state index contributed by atoms with van der Waals surface area (Å²) in [4.78, 5) is 0. The van der Waals surface area contributed by atoms with Crippen molar-refractivity contribution in [1.29, 1.82) is 5.26 Å². The number of pyridine rings is 1. The first kappa shape index (κ1) is 8.81. The summed E-state index contributed by atoms with van der Waals surface area (Å²) in [6.07, 6.45) is 0. The fourth-order valence-corrected chi connectivity index (χ4v) is 2.03. The summed E-state index contributed by atoms with van der Waals surface area (Å²) in [6.45, 7) is 0. The van der Waals surface area contributed by atoms with Crippen LogP contribution in [0, 0.1) is 11.3 Å². The van der Waals surface area contributed by atoms with Gasteiger partial charge in [-0.2, -0.15) is 5.26 Å². The third kappa shape index (κ3) is 1.01. The molecule has 3 aromatic rings. The number of hydrogen-bond acceptors (Lipinski definition) is 2. The monoisotopic (exact) mass is 207 g/mol. The van der Waals surface area contributed by atoms with Crippen LogP contribution >= 0.6 is 0 Å². The molecular formula is C13H9N3. The molecule has 2 N–H and O–H groups in total. The predicted molar refractivity (Wildman–Crippen MR) is 64.0 cm³/mol. The molecule has 76 valence electrons. The van der Waals surface area contributed by atoms with E-state index >= 15 is 0 Å². The van der Waals surface area contributed by atoms with Gasteiger partial charge < -0.3 is 5.73 Å². The minimum Gasteiger partial charge on any atom is -0.384 e. The van der Waals surface area contributed by atoms with E-state index in [-0.39, 0.29) is 0 Å². The van der Waals surface area contributed by atoms with Crippen LogP contribution in [0.2, 0.25) is 0 Å². The van der Waals surface area contributed by atoms with Crippen LogP contribution in [0.3, 0.4) is 0 Å². The fraction of sp³-hybridized carbons (Fsp3) is 0. The van der Waals surface area contributed by atoms with Gasteiger partial charge >= 0.3 is 0 Å². The first-order valence-corrected chi connectivity index (χ1v) is 5.00. The molecule has 0 spiro atoms. The zero-order valence-corrected chi connectivity index (χ0v) is 8.51. The van der Waals surface area contributed by atoms with E-state index in [0.717, 1.165) is 16.4 Å². The van der Waals surface area contributed by atoms with E-state index in [1.165, 1.54) is 0 Å². The van der Waals surface area contributed by atoms with Gasteiger partial charge in [0.25, 0.3) is 0 Å². The molecule has 0 unspecified atom stereocenters. The van der Waals surface area contributed by atoms with Gasteiger partial charge in [0.1, 0.15) is 11.9 Å². The molecule has 0 atom stereocenters. The standard InChI is InChI=1S/C13H9N3/c14-8-10-7-11-6-5-9-3-1-2-4-12(9)16(11)13(10)15/h1-7H,15H2. The number of benzene rings is 1. The maximum absolute atomic E-state index is 8.95. The summed E-state index contributed by atoms with van der Waals surface area (Å²) in [6, 6.07) is 15.9. The maximum Gasteiger partial charge on any atom is 0.126 e. The zero-order chi connectivity index (χ0) is 11.1. The minimum atomic E-state index is 0.509. The van der Waals surface area contributed by atoms with Crippen molar-refractivity contribution in [2.24, 2.45) is 0 Å². The van der Waals surface area contributed by atoms with Gasteiger partial charge in [-0.1, -0.05) is 24.3 Å². The lowest BCUT2D eigenvalue weighted by Crippen LogP contribution is -1.95. The Kier molecular flexibility index (Phi) is 1.66. The van der Waals surface area contributed by atoms with Crippen LogP contribution in [0.15, 0.2) is 42.5 Å². The summed E-state index contributed by atoms with van der Waals surface area (Å²) < 4.78 is 1.91. The molecule has 0 amide bonds. The van der Waals surface area contributed by atoms with Crippen LogP contribution in [0.1, 0.15) is 5.56 Å². The highest BCUT2D eigenvalue weighted by Crippen LogP contribution is 2.24. The Morgan fingerprint density at radius 1 is 1.12 bits per heavy atom. The molecule has 0 bridgehead atoms. The normalized spacial score (nSPS) is 10.7. The number of nitrogens with two attached hydrogens (primary N) is 1. The van der Waals surface area contributed by atoms with E-state index in [1.807, 2.05) is 46.9 Å². The molecule has 2 heterocycles. The van der Waals surface area contributed by atoms with Crippen molar-refractivity contribution in [1.82, 2.24) is 4.40 Å². The van der Waals surface area contributed by atoms with E-state index < -0.39 is 0 Å². The van der Waals surface area contributed by atoms with E-state index in [9.17, 15) is 0 Å². The summed E-state index contributed by atoms with van der Waals surface area (Å²) in [5.74, 6) is 0.509. The van der Waals surface area contributed by atoms with E-state index in [1.54, 1.807) is 0 Å². The fourth-order valence-electron chi connectivity index (χ4n) is 2.03. The predicted octanol–water partition coefficient (Wildman–Crippen LogP) is 2.55. The van der Waals surface area contributed by atoms with Crippen molar-refractivity contribution < 1.29 is 0 Å². The van der Waals surface area contributed by atoms with Crippen LogP contribution in [0.5, 0.6) is 0 Å². The second kappa shape index (κ2) is 3.01. The number of para-hydroxylation sites is 1. The number of fused-ring (bicyclic) bond motifs is 3. The van der Waals surface area contributed by atoms with E-state index in [0.29, 0.717) is 11.4 Å². The number of aromatic nitrogens is 1. The van der Waals surface area contributed by atoms with Crippen molar-refractivity contribution >= 4 is 22.2 Å². The van der Waals surface area contributed by atoms with Gasteiger partial charge in [-0.05, 0) is 23.6 Å². The number of nitriles is 1. The third-order valence-electron chi connectivity index (χ3n) is 2.80. The Balaban J connectivity index is 2.60. The molecule has 3 rings (SSSR count). The summed E-state index contributed by atoms with van der Waals surface area (Å²) in [5, 5.41) is 10.1. The quantitative estimate of drug-likeness (QED) is 0.615. The number of rotatable bonds is 0. The van der Waals surface area contributed by atoms with Crippen LogP contribution < -0.4 is 5.73 Å². The highest BCUT2D eigenvalue weighted by molar-refractivity contribution is 5.86. The van der Waals surface area contributed by atoms with Crippen LogP contribution in [-0.4, -0.2) is 4.40 Å². The highest BCUT2D eigenvalue weighted by atomic mass is 15.0. The molecule has 16 heavy (non-hydrogen) atoms. The number of nitrogen functional groups attached to an aromatic ring is 1. The molecule has 0 aliphatic heterocycles. The Hall–Kier alpha value is -2.47. The largest absolute Gasteiger partial charge is 0.384 e. The lowest BCUT2D eigenvalue weighted by atomic mass is 10.2. The molecule has 3 heteroatoms. The molecule has 1 aromatic carbocycles. The van der Waals surface area contributed by atoms with E-state index in [4.69, 9.17) is 11.0 Å². The average Bonchev–Trinajstić information content (AvgIpc) is 2.66. The van der Waals surface area contributed by atoms with Gasteiger partial charge in [0.05, 0.1) is 11.1 Å². The second-order valence-electron chi connectivity index (χ2n) is 3.71. The zero-order valence-electron chi connectivity index (χ0n) is 8.51. The van der Waals surface area contributed by atoms with Gasteiger partial charge in [-0.15, -0.1) is 0 Å². The molecule has 3 nitrogen and oxygen atoms in total. The van der Waals surface area contributed by atoms with Crippen molar-refractivity contribution in [2.75, 3.05) is 5.73 Å². The summed E-state index contributed by atoms with van der Waals surface area (Å²) in [7, 11) is 0. The second-order valence-corrected chi connectivity index (χ2v) is 3.71. The summed E-state index contributed by atoms with van der Waals surface area (Å²) in [5.41, 5.74) is 8.46. The number of anilines is 1. The first-order chi connectivity index (χ1) is 7.81. The molecule has 0 saturated carbocycles. The lowest BCUT2D eigenvalue weighted by Gasteiger charge is -2.03. The Bertz CT molecular complexity index is 732. The molecular weight excluding hydrogens is 198 g/mol.